The van der Waals surface area contributed by atoms with E-state index in [-0.39, 0.29) is 23.0 Å². The molecule has 174 valence electrons. The van der Waals surface area contributed by atoms with E-state index in [0.29, 0.717) is 35.1 Å². The fraction of sp³-hybridized carbons (Fsp3) is 0.240. The number of thioether (sulfide) groups is 1. The van der Waals surface area contributed by atoms with Crippen molar-refractivity contribution in [3.8, 4) is 11.1 Å². The number of aromatic nitrogens is 2. The Morgan fingerprint density at radius 2 is 2.00 bits per heavy atom. The Hall–Kier alpha value is -3.01. The van der Waals surface area contributed by atoms with Gasteiger partial charge in [-0.25, -0.2) is 9.37 Å². The Bertz CT molecular complexity index is 1420. The minimum atomic E-state index is -0.331. The zero-order valence-corrected chi connectivity index (χ0v) is 20.1. The quantitative estimate of drug-likeness (QED) is 0.277. The van der Waals surface area contributed by atoms with Gasteiger partial charge in [-0.05, 0) is 35.7 Å². The molecule has 0 fully saturated rings. The highest BCUT2D eigenvalue weighted by molar-refractivity contribution is 7.99. The molecule has 0 spiro atoms. The van der Waals surface area contributed by atoms with E-state index in [1.165, 1.54) is 40.8 Å². The van der Waals surface area contributed by atoms with E-state index in [4.69, 9.17) is 9.72 Å². The number of carbonyl (C=O) groups excluding carboxylic acids is 1. The van der Waals surface area contributed by atoms with Crippen LogP contribution in [-0.2, 0) is 22.5 Å². The van der Waals surface area contributed by atoms with Crippen molar-refractivity contribution in [1.29, 1.82) is 0 Å². The number of hydrogen-bond donors (Lipinski definition) is 0. The first-order valence-electron chi connectivity index (χ1n) is 10.8. The molecule has 0 N–H and O–H groups in total. The maximum atomic E-state index is 13.5. The molecule has 1 aliphatic rings. The molecule has 0 aliphatic carbocycles. The van der Waals surface area contributed by atoms with Crippen molar-refractivity contribution in [2.75, 3.05) is 30.9 Å². The Balaban J connectivity index is 1.46. The third kappa shape index (κ3) is 4.26. The topological polar surface area (TPSA) is 64.4 Å². The van der Waals surface area contributed by atoms with Crippen LogP contribution in [0.2, 0.25) is 0 Å². The Morgan fingerprint density at radius 1 is 1.21 bits per heavy atom. The molecule has 34 heavy (non-hydrogen) atoms. The summed E-state index contributed by atoms with van der Waals surface area (Å²) in [6, 6.07) is 14.0. The lowest BCUT2D eigenvalue weighted by atomic mass is 10.1. The van der Waals surface area contributed by atoms with Crippen molar-refractivity contribution >= 4 is 44.9 Å². The third-order valence-corrected chi connectivity index (χ3v) is 7.68. The molecule has 0 bridgehead atoms. The predicted molar refractivity (Wildman–Crippen MR) is 134 cm³/mol. The van der Waals surface area contributed by atoms with Crippen LogP contribution in [0.25, 0.3) is 21.3 Å². The number of methoxy groups -OCH3 is 1. The maximum Gasteiger partial charge on any atom is 0.263 e. The van der Waals surface area contributed by atoms with Crippen LogP contribution in [0.5, 0.6) is 0 Å². The first-order chi connectivity index (χ1) is 16.6. The van der Waals surface area contributed by atoms with Crippen molar-refractivity contribution in [2.45, 2.75) is 18.1 Å². The summed E-state index contributed by atoms with van der Waals surface area (Å²) in [7, 11) is 1.58. The van der Waals surface area contributed by atoms with Crippen molar-refractivity contribution < 1.29 is 13.9 Å². The van der Waals surface area contributed by atoms with Crippen LogP contribution in [-0.4, -0.2) is 41.5 Å². The van der Waals surface area contributed by atoms with E-state index in [9.17, 15) is 14.0 Å². The lowest BCUT2D eigenvalue weighted by Gasteiger charge is -2.18. The fourth-order valence-corrected chi connectivity index (χ4v) is 6.03. The second kappa shape index (κ2) is 9.69. The van der Waals surface area contributed by atoms with E-state index in [1.54, 1.807) is 28.7 Å². The van der Waals surface area contributed by atoms with Gasteiger partial charge in [0.15, 0.2) is 5.16 Å². The number of nitrogens with zero attached hydrogens (tertiary/aromatic N) is 3. The van der Waals surface area contributed by atoms with Crippen LogP contribution in [0.15, 0.2) is 63.9 Å². The highest BCUT2D eigenvalue weighted by Gasteiger charge is 2.25. The smallest absolute Gasteiger partial charge is 0.263 e. The van der Waals surface area contributed by atoms with Gasteiger partial charge < -0.3 is 9.64 Å². The molecule has 3 heterocycles. The number of benzene rings is 2. The molecule has 0 saturated carbocycles. The zero-order chi connectivity index (χ0) is 23.7. The number of halogens is 1. The lowest BCUT2D eigenvalue weighted by molar-refractivity contribution is -0.116. The molecule has 1 amide bonds. The van der Waals surface area contributed by atoms with Gasteiger partial charge in [-0.1, -0.05) is 42.1 Å². The van der Waals surface area contributed by atoms with E-state index in [1.807, 2.05) is 29.6 Å². The highest BCUT2D eigenvalue weighted by Crippen LogP contribution is 2.33. The number of para-hydroxylation sites is 1. The Kier molecular flexibility index (Phi) is 6.49. The van der Waals surface area contributed by atoms with Gasteiger partial charge in [0, 0.05) is 30.3 Å². The largest absolute Gasteiger partial charge is 0.383 e. The van der Waals surface area contributed by atoms with Gasteiger partial charge in [-0.3, -0.25) is 14.2 Å². The molecule has 4 aromatic rings. The van der Waals surface area contributed by atoms with E-state index >= 15 is 0 Å². The van der Waals surface area contributed by atoms with Crippen LogP contribution in [0, 0.1) is 5.82 Å². The first-order valence-corrected chi connectivity index (χ1v) is 12.7. The summed E-state index contributed by atoms with van der Waals surface area (Å²) in [6.07, 6.45) is 0.844. The van der Waals surface area contributed by atoms with Crippen molar-refractivity contribution in [2.24, 2.45) is 0 Å². The summed E-state index contributed by atoms with van der Waals surface area (Å²) in [4.78, 5) is 33.7. The molecule has 2 aromatic heterocycles. The number of anilines is 1. The van der Waals surface area contributed by atoms with Crippen LogP contribution in [0.1, 0.15) is 5.56 Å². The van der Waals surface area contributed by atoms with Gasteiger partial charge in [0.2, 0.25) is 5.91 Å². The monoisotopic (exact) mass is 495 g/mol. The first kappa shape index (κ1) is 22.8. The highest BCUT2D eigenvalue weighted by atomic mass is 32.2. The second-order valence-electron chi connectivity index (χ2n) is 7.89. The van der Waals surface area contributed by atoms with E-state index in [2.05, 4.69) is 0 Å². The number of amides is 1. The summed E-state index contributed by atoms with van der Waals surface area (Å²) in [5, 5.41) is 2.85. The minimum Gasteiger partial charge on any atom is -0.383 e. The zero-order valence-electron chi connectivity index (χ0n) is 18.5. The normalized spacial score (nSPS) is 12.9. The summed E-state index contributed by atoms with van der Waals surface area (Å²) in [5.41, 5.74) is 3.42. The second-order valence-corrected chi connectivity index (χ2v) is 9.69. The van der Waals surface area contributed by atoms with Crippen molar-refractivity contribution in [1.82, 2.24) is 9.55 Å². The van der Waals surface area contributed by atoms with Gasteiger partial charge in [0.25, 0.3) is 5.56 Å². The van der Waals surface area contributed by atoms with Gasteiger partial charge in [0.1, 0.15) is 10.6 Å². The summed E-state index contributed by atoms with van der Waals surface area (Å²) in [6.45, 7) is 1.32. The van der Waals surface area contributed by atoms with Gasteiger partial charge >= 0.3 is 0 Å². The number of hydrogen-bond acceptors (Lipinski definition) is 6. The molecule has 0 atom stereocenters. The molecular formula is C25H22FN3O3S2. The van der Waals surface area contributed by atoms with Gasteiger partial charge in [-0.2, -0.15) is 0 Å². The molecule has 0 radical (unpaired) electrons. The molecule has 1 aliphatic heterocycles. The van der Waals surface area contributed by atoms with Crippen molar-refractivity contribution in [3.05, 3.63) is 75.6 Å². The third-order valence-electron chi connectivity index (χ3n) is 5.85. The number of thiophene rings is 1. The number of carbonyl (C=O) groups is 1. The number of fused-ring (bicyclic) bond motifs is 2. The lowest BCUT2D eigenvalue weighted by Crippen LogP contribution is -2.31. The van der Waals surface area contributed by atoms with Crippen LogP contribution in [0.4, 0.5) is 10.1 Å². The minimum absolute atomic E-state index is 0.0132. The summed E-state index contributed by atoms with van der Waals surface area (Å²) >= 11 is 2.63. The fourth-order valence-electron chi connectivity index (χ4n) is 4.14. The number of rotatable bonds is 7. The molecule has 6 nitrogen and oxygen atoms in total. The molecular weight excluding hydrogens is 473 g/mol. The van der Waals surface area contributed by atoms with Crippen molar-refractivity contribution in [3.63, 3.8) is 0 Å². The summed E-state index contributed by atoms with van der Waals surface area (Å²) < 4.78 is 20.2. The average Bonchev–Trinajstić information content (AvgIpc) is 3.47. The molecule has 0 saturated heterocycles. The summed E-state index contributed by atoms with van der Waals surface area (Å²) in [5.74, 6) is -0.168. The van der Waals surface area contributed by atoms with Gasteiger partial charge in [-0.15, -0.1) is 11.3 Å². The average molecular weight is 496 g/mol. The predicted octanol–water partition coefficient (Wildman–Crippen LogP) is 4.59. The van der Waals surface area contributed by atoms with Crippen LogP contribution < -0.4 is 10.5 Å². The number of ether oxygens (including phenoxy) is 1. The maximum absolute atomic E-state index is 13.5. The standard InChI is InChI=1S/C25H22FN3O3S2/c1-32-13-12-29-24(31)22-19(16-6-8-18(26)9-7-16)14-33-23(22)27-25(29)34-15-21(30)28-11-10-17-4-2-3-5-20(17)28/h2-9,14H,10-13,15H2,1H3. The van der Waals surface area contributed by atoms with E-state index in [0.717, 1.165) is 23.2 Å². The van der Waals surface area contributed by atoms with Gasteiger partial charge in [0.05, 0.1) is 24.3 Å². The van der Waals surface area contributed by atoms with E-state index < -0.39 is 0 Å². The van der Waals surface area contributed by atoms with Crippen LogP contribution >= 0.6 is 23.1 Å². The molecule has 9 heteroatoms. The van der Waals surface area contributed by atoms with Crippen LogP contribution in [0.3, 0.4) is 0 Å². The Morgan fingerprint density at radius 3 is 2.79 bits per heavy atom. The Labute approximate surface area is 204 Å². The molecule has 5 rings (SSSR count). The molecule has 0 unspecified atom stereocenters. The molecule has 2 aromatic carbocycles. The SMILES string of the molecule is COCCn1c(SCC(=O)N2CCc3ccccc32)nc2scc(-c3ccc(F)cc3)c2c1=O.